The standard InChI is InChI=1S/C9H10BrF2NO2.ClH/c1-15-6-3-4(10)2-5(8(6)14)7(13)9(11)12;/h2-3,7,9,14H,13H2,1H3;1H/t7-;/m1./s1. The fourth-order valence-corrected chi connectivity index (χ4v) is 1.59. The van der Waals surface area contributed by atoms with E-state index in [1.165, 1.54) is 19.2 Å². The van der Waals surface area contributed by atoms with Gasteiger partial charge >= 0.3 is 0 Å². The fraction of sp³-hybridized carbons (Fsp3) is 0.333. The van der Waals surface area contributed by atoms with Crippen molar-refractivity contribution in [2.45, 2.75) is 12.5 Å². The van der Waals surface area contributed by atoms with E-state index in [0.717, 1.165) is 0 Å². The van der Waals surface area contributed by atoms with E-state index in [1.807, 2.05) is 0 Å². The number of hydrogen-bond donors (Lipinski definition) is 2. The summed E-state index contributed by atoms with van der Waals surface area (Å²) in [5.41, 5.74) is 5.20. The Morgan fingerprint density at radius 1 is 1.44 bits per heavy atom. The fourth-order valence-electron chi connectivity index (χ4n) is 1.14. The van der Waals surface area contributed by atoms with Crippen LogP contribution in [0.2, 0.25) is 0 Å². The Hall–Kier alpha value is -0.590. The molecule has 3 nitrogen and oxygen atoms in total. The van der Waals surface area contributed by atoms with Crippen molar-refractivity contribution in [2.75, 3.05) is 7.11 Å². The Morgan fingerprint density at radius 3 is 2.44 bits per heavy atom. The zero-order valence-corrected chi connectivity index (χ0v) is 10.7. The zero-order valence-electron chi connectivity index (χ0n) is 8.28. The Balaban J connectivity index is 0.00000225. The molecule has 1 aromatic rings. The van der Waals surface area contributed by atoms with Crippen molar-refractivity contribution in [3.63, 3.8) is 0 Å². The minimum atomic E-state index is -2.74. The van der Waals surface area contributed by atoms with Crippen molar-refractivity contribution >= 4 is 28.3 Å². The number of ether oxygens (including phenoxy) is 1. The molecule has 0 unspecified atom stereocenters. The average Bonchev–Trinajstić information content (AvgIpc) is 2.19. The molecule has 1 rings (SSSR count). The van der Waals surface area contributed by atoms with Crippen LogP contribution < -0.4 is 10.5 Å². The van der Waals surface area contributed by atoms with Crippen LogP contribution in [0.4, 0.5) is 8.78 Å². The van der Waals surface area contributed by atoms with Crippen molar-refractivity contribution in [1.29, 1.82) is 0 Å². The Morgan fingerprint density at radius 2 is 2.00 bits per heavy atom. The Kier molecular flexibility index (Phi) is 5.99. The van der Waals surface area contributed by atoms with Gasteiger partial charge in [0, 0.05) is 10.0 Å². The number of aromatic hydroxyl groups is 1. The van der Waals surface area contributed by atoms with Crippen molar-refractivity contribution in [3.05, 3.63) is 22.2 Å². The summed E-state index contributed by atoms with van der Waals surface area (Å²) in [7, 11) is 1.33. The number of nitrogens with two attached hydrogens (primary N) is 1. The van der Waals surface area contributed by atoms with Crippen LogP contribution in [0.15, 0.2) is 16.6 Å². The third-order valence-electron chi connectivity index (χ3n) is 1.92. The lowest BCUT2D eigenvalue weighted by molar-refractivity contribution is 0.115. The van der Waals surface area contributed by atoms with E-state index in [-0.39, 0.29) is 29.5 Å². The first-order valence-corrected chi connectivity index (χ1v) is 4.86. The number of phenols is 1. The highest BCUT2D eigenvalue weighted by molar-refractivity contribution is 9.10. The van der Waals surface area contributed by atoms with Gasteiger partial charge in [-0.25, -0.2) is 8.78 Å². The van der Waals surface area contributed by atoms with Crippen LogP contribution in [0, 0.1) is 0 Å². The number of methoxy groups -OCH3 is 1. The smallest absolute Gasteiger partial charge is 0.257 e. The minimum Gasteiger partial charge on any atom is -0.504 e. The van der Waals surface area contributed by atoms with Crippen LogP contribution in [0.1, 0.15) is 11.6 Å². The molecule has 0 aliphatic heterocycles. The summed E-state index contributed by atoms with van der Waals surface area (Å²) in [4.78, 5) is 0. The molecule has 1 atom stereocenters. The van der Waals surface area contributed by atoms with Gasteiger partial charge in [0.15, 0.2) is 11.5 Å². The maximum Gasteiger partial charge on any atom is 0.257 e. The van der Waals surface area contributed by atoms with Gasteiger partial charge in [0.25, 0.3) is 6.43 Å². The van der Waals surface area contributed by atoms with E-state index in [1.54, 1.807) is 0 Å². The van der Waals surface area contributed by atoms with E-state index in [9.17, 15) is 13.9 Å². The summed E-state index contributed by atoms with van der Waals surface area (Å²) in [5.74, 6) is -0.246. The van der Waals surface area contributed by atoms with Gasteiger partial charge in [0.1, 0.15) is 0 Å². The molecule has 0 saturated heterocycles. The second-order valence-electron chi connectivity index (χ2n) is 2.91. The number of phenolic OH excluding ortho intramolecular Hbond substituents is 1. The normalized spacial score (nSPS) is 12.1. The van der Waals surface area contributed by atoms with Crippen molar-refractivity contribution in [3.8, 4) is 11.5 Å². The molecule has 16 heavy (non-hydrogen) atoms. The van der Waals surface area contributed by atoms with Crippen molar-refractivity contribution < 1.29 is 18.6 Å². The van der Waals surface area contributed by atoms with Crippen LogP contribution in [0.5, 0.6) is 11.5 Å². The molecule has 92 valence electrons. The Bertz CT molecular complexity index is 366. The van der Waals surface area contributed by atoms with Crippen LogP contribution >= 0.6 is 28.3 Å². The molecule has 0 aliphatic carbocycles. The number of benzene rings is 1. The number of rotatable bonds is 3. The summed E-state index contributed by atoms with van der Waals surface area (Å²) in [6.07, 6.45) is -2.74. The maximum absolute atomic E-state index is 12.4. The molecule has 0 radical (unpaired) electrons. The summed E-state index contributed by atoms with van der Waals surface area (Å²) in [5, 5.41) is 9.57. The lowest BCUT2D eigenvalue weighted by Crippen LogP contribution is -2.19. The molecule has 0 heterocycles. The van der Waals surface area contributed by atoms with Gasteiger partial charge in [-0.3, -0.25) is 0 Å². The zero-order chi connectivity index (χ0) is 11.6. The topological polar surface area (TPSA) is 55.5 Å². The second-order valence-corrected chi connectivity index (χ2v) is 3.82. The molecule has 0 spiro atoms. The highest BCUT2D eigenvalue weighted by Crippen LogP contribution is 2.37. The van der Waals surface area contributed by atoms with Gasteiger partial charge in [-0.2, -0.15) is 0 Å². The van der Waals surface area contributed by atoms with Crippen molar-refractivity contribution in [2.24, 2.45) is 5.73 Å². The molecule has 0 bridgehead atoms. The van der Waals surface area contributed by atoms with E-state index < -0.39 is 12.5 Å². The summed E-state index contributed by atoms with van der Waals surface area (Å²) in [6.45, 7) is 0. The first-order valence-electron chi connectivity index (χ1n) is 4.07. The molecule has 0 saturated carbocycles. The molecule has 3 N–H and O–H groups in total. The highest BCUT2D eigenvalue weighted by Gasteiger charge is 2.23. The molecular formula is C9H11BrClF2NO2. The quantitative estimate of drug-likeness (QED) is 0.901. The summed E-state index contributed by atoms with van der Waals surface area (Å²) in [6, 6.07) is 1.28. The lowest BCUT2D eigenvalue weighted by Gasteiger charge is -2.15. The van der Waals surface area contributed by atoms with E-state index in [0.29, 0.717) is 4.47 Å². The van der Waals surface area contributed by atoms with Gasteiger partial charge in [0.05, 0.1) is 13.2 Å². The predicted molar refractivity (Wildman–Crippen MR) is 62.5 cm³/mol. The minimum absolute atomic E-state index is 0. The molecule has 7 heteroatoms. The van der Waals surface area contributed by atoms with Gasteiger partial charge in [-0.15, -0.1) is 12.4 Å². The Labute approximate surface area is 106 Å². The molecule has 0 fully saturated rings. The van der Waals surface area contributed by atoms with Crippen LogP contribution in [0.3, 0.4) is 0 Å². The van der Waals surface area contributed by atoms with Gasteiger partial charge in [0.2, 0.25) is 0 Å². The molecule has 0 amide bonds. The SMILES string of the molecule is COc1cc(Br)cc([C@@H](N)C(F)F)c1O.Cl. The monoisotopic (exact) mass is 317 g/mol. The van der Waals surface area contributed by atoms with E-state index in [4.69, 9.17) is 10.5 Å². The third kappa shape index (κ3) is 3.20. The molecule has 0 aliphatic rings. The highest BCUT2D eigenvalue weighted by atomic mass is 79.9. The second kappa shape index (κ2) is 6.22. The lowest BCUT2D eigenvalue weighted by atomic mass is 10.1. The van der Waals surface area contributed by atoms with E-state index in [2.05, 4.69) is 15.9 Å². The number of hydrogen-bond acceptors (Lipinski definition) is 3. The van der Waals surface area contributed by atoms with Gasteiger partial charge in [-0.1, -0.05) is 15.9 Å². The largest absolute Gasteiger partial charge is 0.504 e. The third-order valence-corrected chi connectivity index (χ3v) is 2.38. The maximum atomic E-state index is 12.4. The number of halogens is 4. The first kappa shape index (κ1) is 15.4. The molecule has 0 aromatic heterocycles. The van der Waals surface area contributed by atoms with E-state index >= 15 is 0 Å². The van der Waals surface area contributed by atoms with Crippen LogP contribution in [-0.4, -0.2) is 18.6 Å². The summed E-state index contributed by atoms with van der Waals surface area (Å²) < 4.78 is 30.1. The number of alkyl halides is 2. The van der Waals surface area contributed by atoms with Crippen molar-refractivity contribution in [1.82, 2.24) is 0 Å². The van der Waals surface area contributed by atoms with Gasteiger partial charge < -0.3 is 15.6 Å². The van der Waals surface area contributed by atoms with Crippen LogP contribution in [0.25, 0.3) is 0 Å². The average molecular weight is 319 g/mol. The first-order chi connectivity index (χ1) is 6.97. The molecular weight excluding hydrogens is 307 g/mol. The summed E-state index contributed by atoms with van der Waals surface area (Å²) >= 11 is 3.11. The van der Waals surface area contributed by atoms with Gasteiger partial charge in [-0.05, 0) is 12.1 Å². The van der Waals surface area contributed by atoms with Crippen LogP contribution in [-0.2, 0) is 0 Å². The predicted octanol–water partition coefficient (Wildman–Crippen LogP) is 2.85. The molecule has 1 aromatic carbocycles.